The van der Waals surface area contributed by atoms with E-state index in [4.69, 9.17) is 11.6 Å². The van der Waals surface area contributed by atoms with Crippen LogP contribution in [0.2, 0.25) is 0 Å². The Hall–Kier alpha value is -0.755. The molecule has 11 heavy (non-hydrogen) atoms. The molecule has 0 aliphatic rings. The summed E-state index contributed by atoms with van der Waals surface area (Å²) in [7, 11) is 1.90. The van der Waals surface area contributed by atoms with Gasteiger partial charge in [0.25, 0.3) is 0 Å². The van der Waals surface area contributed by atoms with Crippen molar-refractivity contribution in [3.63, 3.8) is 0 Å². The van der Waals surface area contributed by atoms with E-state index >= 15 is 0 Å². The molecule has 58 valence electrons. The van der Waals surface area contributed by atoms with Gasteiger partial charge in [-0.15, -0.1) is 6.58 Å². The molecule has 0 aliphatic carbocycles. The Morgan fingerprint density at radius 3 is 2.64 bits per heavy atom. The highest BCUT2D eigenvalue weighted by atomic mass is 35.5. The SMILES string of the molecule is BC(=C)/C=C\C=C/CC(=O)Cl. The summed E-state index contributed by atoms with van der Waals surface area (Å²) < 4.78 is 0. The number of hydrogen-bond acceptors (Lipinski definition) is 1. The Balaban J connectivity index is 3.60. The van der Waals surface area contributed by atoms with Crippen molar-refractivity contribution in [1.29, 1.82) is 0 Å². The molecule has 3 heteroatoms. The number of carbonyl (C=O) groups is 1. The summed E-state index contributed by atoms with van der Waals surface area (Å²) in [4.78, 5) is 10.2. The molecular weight excluding hydrogens is 158 g/mol. The molecule has 0 N–H and O–H groups in total. The Labute approximate surface area is 72.8 Å². The third kappa shape index (κ3) is 9.24. The Morgan fingerprint density at radius 1 is 1.55 bits per heavy atom. The van der Waals surface area contributed by atoms with Gasteiger partial charge in [0.15, 0.2) is 0 Å². The summed E-state index contributed by atoms with van der Waals surface area (Å²) in [6.45, 7) is 3.67. The van der Waals surface area contributed by atoms with Gasteiger partial charge in [-0.25, -0.2) is 0 Å². The van der Waals surface area contributed by atoms with E-state index in [2.05, 4.69) is 6.58 Å². The molecule has 0 unspecified atom stereocenters. The lowest BCUT2D eigenvalue weighted by molar-refractivity contribution is -0.110. The first kappa shape index (κ1) is 10.2. The summed E-state index contributed by atoms with van der Waals surface area (Å²) in [6, 6.07) is 0. The van der Waals surface area contributed by atoms with Crippen LogP contribution in [0.15, 0.2) is 36.4 Å². The fourth-order valence-electron chi connectivity index (χ4n) is 0.459. The van der Waals surface area contributed by atoms with Gasteiger partial charge in [0, 0.05) is 6.42 Å². The van der Waals surface area contributed by atoms with E-state index in [9.17, 15) is 4.79 Å². The van der Waals surface area contributed by atoms with Crippen molar-refractivity contribution in [2.45, 2.75) is 6.42 Å². The fraction of sp³-hybridized carbons (Fsp3) is 0.125. The van der Waals surface area contributed by atoms with E-state index < -0.39 is 0 Å². The lowest BCUT2D eigenvalue weighted by Crippen LogP contribution is -1.78. The van der Waals surface area contributed by atoms with Crippen LogP contribution in [-0.4, -0.2) is 13.1 Å². The average molecular weight is 168 g/mol. The largest absolute Gasteiger partial charge is 0.281 e. The second kappa shape index (κ2) is 5.99. The predicted molar refractivity (Wildman–Crippen MR) is 51.4 cm³/mol. The van der Waals surface area contributed by atoms with Crippen molar-refractivity contribution in [3.05, 3.63) is 36.4 Å². The van der Waals surface area contributed by atoms with Crippen LogP contribution in [0.5, 0.6) is 0 Å². The van der Waals surface area contributed by atoms with Gasteiger partial charge in [0.2, 0.25) is 5.24 Å². The van der Waals surface area contributed by atoms with E-state index in [0.717, 1.165) is 5.47 Å². The molecule has 0 aromatic carbocycles. The van der Waals surface area contributed by atoms with Crippen molar-refractivity contribution in [3.8, 4) is 0 Å². The third-order valence-corrected chi connectivity index (χ3v) is 1.06. The van der Waals surface area contributed by atoms with Crippen molar-refractivity contribution in [1.82, 2.24) is 0 Å². The molecule has 0 spiro atoms. The van der Waals surface area contributed by atoms with Crippen LogP contribution in [0.4, 0.5) is 0 Å². The minimum atomic E-state index is -0.343. The maximum atomic E-state index is 10.2. The molecule has 1 nitrogen and oxygen atoms in total. The van der Waals surface area contributed by atoms with Crippen molar-refractivity contribution in [2.24, 2.45) is 0 Å². The highest BCUT2D eigenvalue weighted by Crippen LogP contribution is 1.91. The quantitative estimate of drug-likeness (QED) is 0.352. The van der Waals surface area contributed by atoms with Crippen LogP contribution in [0.1, 0.15) is 6.42 Å². The average Bonchev–Trinajstić information content (AvgIpc) is 1.85. The van der Waals surface area contributed by atoms with Crippen molar-refractivity contribution < 1.29 is 4.79 Å². The predicted octanol–water partition coefficient (Wildman–Crippen LogP) is 1.40. The molecule has 0 saturated heterocycles. The topological polar surface area (TPSA) is 17.1 Å². The molecule has 0 aromatic heterocycles. The van der Waals surface area contributed by atoms with E-state index in [0.29, 0.717) is 0 Å². The molecular formula is C8H10BClO. The second-order valence-electron chi connectivity index (χ2n) is 2.19. The van der Waals surface area contributed by atoms with Gasteiger partial charge in [-0.05, 0) is 11.6 Å². The lowest BCUT2D eigenvalue weighted by Gasteiger charge is -1.81. The first-order valence-electron chi connectivity index (χ1n) is 3.30. The van der Waals surface area contributed by atoms with E-state index in [1.54, 1.807) is 12.2 Å². The summed E-state index contributed by atoms with van der Waals surface area (Å²) >= 11 is 5.09. The second-order valence-corrected chi connectivity index (χ2v) is 2.61. The first-order valence-corrected chi connectivity index (χ1v) is 3.68. The number of halogens is 1. The van der Waals surface area contributed by atoms with Gasteiger partial charge in [-0.3, -0.25) is 4.79 Å². The smallest absolute Gasteiger partial charge is 0.225 e. The molecule has 0 fully saturated rings. The maximum Gasteiger partial charge on any atom is 0.225 e. The van der Waals surface area contributed by atoms with Gasteiger partial charge in [0.1, 0.15) is 7.85 Å². The van der Waals surface area contributed by atoms with Crippen LogP contribution in [0.3, 0.4) is 0 Å². The van der Waals surface area contributed by atoms with Crippen LogP contribution >= 0.6 is 11.6 Å². The van der Waals surface area contributed by atoms with Crippen LogP contribution in [-0.2, 0) is 4.79 Å². The fourth-order valence-corrected chi connectivity index (χ4v) is 0.548. The molecule has 0 radical (unpaired) electrons. The lowest BCUT2D eigenvalue weighted by atomic mass is 9.98. The monoisotopic (exact) mass is 168 g/mol. The molecule has 0 saturated carbocycles. The van der Waals surface area contributed by atoms with Gasteiger partial charge >= 0.3 is 0 Å². The van der Waals surface area contributed by atoms with Crippen molar-refractivity contribution in [2.75, 3.05) is 0 Å². The minimum absolute atomic E-state index is 0.280. The van der Waals surface area contributed by atoms with Gasteiger partial charge < -0.3 is 0 Å². The zero-order chi connectivity index (χ0) is 8.69. The number of rotatable bonds is 4. The normalized spacial score (nSPS) is 11.0. The van der Waals surface area contributed by atoms with E-state index in [-0.39, 0.29) is 11.7 Å². The molecule has 0 rings (SSSR count). The Kier molecular flexibility index (Phi) is 5.58. The summed E-state index contributed by atoms with van der Waals surface area (Å²) in [5, 5.41) is -0.343. The maximum absolute atomic E-state index is 10.2. The molecule has 0 amide bonds. The Bertz CT molecular complexity index is 206. The zero-order valence-electron chi connectivity index (χ0n) is 6.51. The van der Waals surface area contributed by atoms with Gasteiger partial charge in [0.05, 0.1) is 0 Å². The van der Waals surface area contributed by atoms with E-state index in [1.807, 2.05) is 20.0 Å². The summed E-state index contributed by atoms with van der Waals surface area (Å²) in [6.07, 6.45) is 7.43. The highest BCUT2D eigenvalue weighted by molar-refractivity contribution is 6.63. The number of allylic oxidation sites excluding steroid dienone is 5. The number of hydrogen-bond donors (Lipinski definition) is 0. The zero-order valence-corrected chi connectivity index (χ0v) is 7.27. The first-order chi connectivity index (χ1) is 5.13. The Morgan fingerprint density at radius 2 is 2.18 bits per heavy atom. The highest BCUT2D eigenvalue weighted by Gasteiger charge is 1.86. The summed E-state index contributed by atoms with van der Waals surface area (Å²) in [5.74, 6) is 0. The van der Waals surface area contributed by atoms with Gasteiger partial charge in [-0.2, -0.15) is 0 Å². The summed E-state index contributed by atoms with van der Waals surface area (Å²) in [5.41, 5.74) is 0.979. The minimum Gasteiger partial charge on any atom is -0.281 e. The molecule has 0 aliphatic heterocycles. The van der Waals surface area contributed by atoms with Crippen LogP contribution in [0.25, 0.3) is 0 Å². The van der Waals surface area contributed by atoms with Crippen LogP contribution in [0, 0.1) is 0 Å². The molecule has 0 heterocycles. The van der Waals surface area contributed by atoms with Gasteiger partial charge in [-0.1, -0.05) is 29.8 Å². The standard InChI is InChI=1S/C8H10BClO/c1-7(9)5-3-2-4-6-8(10)11/h2-5H,1,6,9H2/b4-2-,5-3-. The molecule has 0 atom stereocenters. The number of carbonyl (C=O) groups excluding carboxylic acids is 1. The third-order valence-electron chi connectivity index (χ3n) is 0.906. The molecule has 0 aromatic rings. The van der Waals surface area contributed by atoms with Crippen molar-refractivity contribution >= 4 is 24.7 Å². The molecule has 0 bridgehead atoms. The van der Waals surface area contributed by atoms with E-state index in [1.165, 1.54) is 0 Å². The van der Waals surface area contributed by atoms with Crippen LogP contribution < -0.4 is 0 Å².